The minimum Gasteiger partial charge on any atom is -0.390 e. The molecule has 3 aromatic carbocycles. The third-order valence-electron chi connectivity index (χ3n) is 6.37. The van der Waals surface area contributed by atoms with E-state index in [0.717, 1.165) is 20.8 Å². The van der Waals surface area contributed by atoms with Gasteiger partial charge < -0.3 is 5.11 Å². The Hall–Kier alpha value is -2.05. The van der Waals surface area contributed by atoms with Gasteiger partial charge in [-0.1, -0.05) is 29.8 Å². The number of hydrogen-bond acceptors (Lipinski definition) is 3. The van der Waals surface area contributed by atoms with E-state index in [0.29, 0.717) is 29.2 Å². The molecule has 4 rings (SSSR count). The lowest BCUT2D eigenvalue weighted by atomic mass is 9.71. The molecule has 0 radical (unpaired) electrons. The second-order valence-corrected chi connectivity index (χ2v) is 10.9. The van der Waals surface area contributed by atoms with Crippen molar-refractivity contribution in [3.05, 3.63) is 103 Å². The van der Waals surface area contributed by atoms with Gasteiger partial charge in [0.15, 0.2) is 0 Å². The highest BCUT2D eigenvalue weighted by molar-refractivity contribution is 14.1. The lowest BCUT2D eigenvalue weighted by Crippen LogP contribution is -2.54. The molecule has 1 saturated heterocycles. The highest BCUT2D eigenvalue weighted by Crippen LogP contribution is 2.44. The molecule has 0 bridgehead atoms. The van der Waals surface area contributed by atoms with Gasteiger partial charge in [0.25, 0.3) is 0 Å². The van der Waals surface area contributed by atoms with Gasteiger partial charge in [-0.25, -0.2) is 8.78 Å². The van der Waals surface area contributed by atoms with Crippen LogP contribution in [0.1, 0.15) is 48.1 Å². The van der Waals surface area contributed by atoms with Crippen LogP contribution in [0.3, 0.4) is 0 Å². The number of hydrogen-bond donors (Lipinski definition) is 1. The second kappa shape index (κ2) is 9.90. The third-order valence-corrected chi connectivity index (χ3v) is 7.91. The molecule has 0 aromatic heterocycles. The van der Waals surface area contributed by atoms with Crippen LogP contribution in [0.25, 0.3) is 0 Å². The van der Waals surface area contributed by atoms with Crippen molar-refractivity contribution in [1.29, 1.82) is 5.26 Å². The number of nitrogens with zero attached hydrogens (tertiary/aromatic N) is 2. The Morgan fingerprint density at radius 1 is 1.03 bits per heavy atom. The third kappa shape index (κ3) is 5.28. The zero-order valence-electron chi connectivity index (χ0n) is 18.8. The van der Waals surface area contributed by atoms with Gasteiger partial charge in [0.1, 0.15) is 11.6 Å². The molecule has 0 spiro atoms. The van der Waals surface area contributed by atoms with Gasteiger partial charge in [0.2, 0.25) is 0 Å². The van der Waals surface area contributed by atoms with Crippen molar-refractivity contribution in [1.82, 2.24) is 4.90 Å². The van der Waals surface area contributed by atoms with Gasteiger partial charge in [-0.05, 0) is 95.4 Å². The molecular formula is C27H24ClF2IN2O. The molecule has 0 unspecified atom stereocenters. The van der Waals surface area contributed by atoms with Gasteiger partial charge in [-0.3, -0.25) is 4.90 Å². The Labute approximate surface area is 217 Å². The molecule has 0 amide bonds. The van der Waals surface area contributed by atoms with Gasteiger partial charge in [-0.2, -0.15) is 5.26 Å². The fourth-order valence-corrected chi connectivity index (χ4v) is 5.71. The van der Waals surface area contributed by atoms with Crippen molar-refractivity contribution in [2.45, 2.75) is 31.4 Å². The Morgan fingerprint density at radius 2 is 1.68 bits per heavy atom. The normalized spacial score (nSPS) is 16.5. The quantitative estimate of drug-likeness (QED) is 0.325. The van der Waals surface area contributed by atoms with Gasteiger partial charge in [-0.15, -0.1) is 0 Å². The molecule has 0 saturated carbocycles. The summed E-state index contributed by atoms with van der Waals surface area (Å²) < 4.78 is 28.9. The highest BCUT2D eigenvalue weighted by atomic mass is 127. The predicted molar refractivity (Wildman–Crippen MR) is 138 cm³/mol. The summed E-state index contributed by atoms with van der Waals surface area (Å²) in [5.41, 5.74) is 1.89. The standard InChI is InChI=1S/C27H24ClF2IN2O/c1-27(2,34)25(19-9-21(29)12-22(30)10-19)20-14-33(15-20)26(17-5-3-4-16(8-17)13-32)18-6-7-23(28)24(31)11-18/h3-12,20,25-26,34H,14-15H2,1-2H3/t25-,26-/m1/s1. The SMILES string of the molecule is CC(C)(O)[C@H](c1cc(F)cc(F)c1)C1CN([C@H](c2cccc(C#N)c2)c2ccc(Cl)c(I)c2)C1. The minimum absolute atomic E-state index is 0.00535. The van der Waals surface area contributed by atoms with Crippen molar-refractivity contribution < 1.29 is 13.9 Å². The Morgan fingerprint density at radius 3 is 2.26 bits per heavy atom. The van der Waals surface area contributed by atoms with E-state index in [4.69, 9.17) is 11.6 Å². The molecule has 1 heterocycles. The summed E-state index contributed by atoms with van der Waals surface area (Å²) in [7, 11) is 0. The van der Waals surface area contributed by atoms with Crippen LogP contribution in [-0.2, 0) is 0 Å². The van der Waals surface area contributed by atoms with Crippen molar-refractivity contribution in [2.24, 2.45) is 5.92 Å². The van der Waals surface area contributed by atoms with Crippen LogP contribution in [0.5, 0.6) is 0 Å². The number of likely N-dealkylation sites (tertiary alicyclic amines) is 1. The zero-order chi connectivity index (χ0) is 24.6. The summed E-state index contributed by atoms with van der Waals surface area (Å²) in [6.45, 7) is 4.60. The summed E-state index contributed by atoms with van der Waals surface area (Å²) in [5, 5.41) is 21.0. The van der Waals surface area contributed by atoms with Crippen LogP contribution < -0.4 is 0 Å². The first-order valence-corrected chi connectivity index (χ1v) is 12.4. The maximum atomic E-state index is 14.0. The van der Waals surface area contributed by atoms with Gasteiger partial charge in [0.05, 0.1) is 28.3 Å². The zero-order valence-corrected chi connectivity index (χ0v) is 21.7. The first-order chi connectivity index (χ1) is 16.1. The van der Waals surface area contributed by atoms with E-state index < -0.39 is 23.2 Å². The number of halogens is 4. The van der Waals surface area contributed by atoms with E-state index in [1.165, 1.54) is 12.1 Å². The number of aliphatic hydroxyl groups is 1. The number of nitriles is 1. The van der Waals surface area contributed by atoms with Gasteiger partial charge in [0, 0.05) is 28.6 Å². The fraction of sp³-hybridized carbons (Fsp3) is 0.296. The first kappa shape index (κ1) is 25.1. The Bertz CT molecular complexity index is 1230. The minimum atomic E-state index is -1.16. The van der Waals surface area contributed by atoms with E-state index in [1.807, 2.05) is 36.4 Å². The molecule has 1 N–H and O–H groups in total. The topological polar surface area (TPSA) is 47.3 Å². The average Bonchev–Trinajstić information content (AvgIpc) is 2.73. The van der Waals surface area contributed by atoms with E-state index in [-0.39, 0.29) is 12.0 Å². The van der Waals surface area contributed by atoms with Crippen molar-refractivity contribution in [3.8, 4) is 6.07 Å². The van der Waals surface area contributed by atoms with Crippen LogP contribution in [0, 0.1) is 32.5 Å². The largest absolute Gasteiger partial charge is 0.390 e. The summed E-state index contributed by atoms with van der Waals surface area (Å²) in [6.07, 6.45) is 0. The predicted octanol–water partition coefficient (Wildman–Crippen LogP) is 6.67. The fourth-order valence-electron chi connectivity index (χ4n) is 5.06. The molecule has 34 heavy (non-hydrogen) atoms. The van der Waals surface area contributed by atoms with Crippen LogP contribution in [0.4, 0.5) is 8.78 Å². The molecule has 176 valence electrons. The smallest absolute Gasteiger partial charge is 0.126 e. The summed E-state index contributed by atoms with van der Waals surface area (Å²) >= 11 is 8.46. The number of benzene rings is 3. The lowest BCUT2D eigenvalue weighted by molar-refractivity contribution is -0.0309. The van der Waals surface area contributed by atoms with Crippen molar-refractivity contribution in [3.63, 3.8) is 0 Å². The number of rotatable bonds is 6. The monoisotopic (exact) mass is 592 g/mol. The Balaban J connectivity index is 1.68. The maximum absolute atomic E-state index is 14.0. The van der Waals surface area contributed by atoms with E-state index >= 15 is 0 Å². The molecule has 1 fully saturated rings. The lowest BCUT2D eigenvalue weighted by Gasteiger charge is -2.50. The first-order valence-electron chi connectivity index (χ1n) is 10.9. The van der Waals surface area contributed by atoms with Gasteiger partial charge >= 0.3 is 0 Å². The van der Waals surface area contributed by atoms with Crippen molar-refractivity contribution >= 4 is 34.2 Å². The molecule has 3 nitrogen and oxygen atoms in total. The summed E-state index contributed by atoms with van der Waals surface area (Å²) in [4.78, 5) is 2.26. The summed E-state index contributed by atoms with van der Waals surface area (Å²) in [5.74, 6) is -1.75. The Kier molecular flexibility index (Phi) is 7.30. The van der Waals surface area contributed by atoms with E-state index in [1.54, 1.807) is 19.9 Å². The molecule has 1 aliphatic heterocycles. The van der Waals surface area contributed by atoms with E-state index in [2.05, 4.69) is 33.6 Å². The highest BCUT2D eigenvalue weighted by Gasteiger charge is 2.44. The molecule has 2 atom stereocenters. The molecule has 7 heteroatoms. The second-order valence-electron chi connectivity index (χ2n) is 9.36. The van der Waals surface area contributed by atoms with Crippen LogP contribution in [0.15, 0.2) is 60.7 Å². The molecular weight excluding hydrogens is 569 g/mol. The van der Waals surface area contributed by atoms with Crippen LogP contribution in [-0.4, -0.2) is 28.7 Å². The molecule has 3 aromatic rings. The maximum Gasteiger partial charge on any atom is 0.126 e. The van der Waals surface area contributed by atoms with E-state index in [9.17, 15) is 19.1 Å². The molecule has 1 aliphatic rings. The molecule has 0 aliphatic carbocycles. The van der Waals surface area contributed by atoms with Crippen molar-refractivity contribution in [2.75, 3.05) is 13.1 Å². The van der Waals surface area contributed by atoms with Crippen LogP contribution >= 0.6 is 34.2 Å². The summed E-state index contributed by atoms with van der Waals surface area (Å²) in [6, 6.07) is 19.0. The van der Waals surface area contributed by atoms with Crippen LogP contribution in [0.2, 0.25) is 5.02 Å². The average molecular weight is 593 g/mol.